The van der Waals surface area contributed by atoms with Crippen LogP contribution in [-0.2, 0) is 14.3 Å². The number of nitrogens with two attached hydrogens (primary N) is 1. The molecule has 3 N–H and O–H groups in total. The Kier molecular flexibility index (Phi) is 3.45. The van der Waals surface area contributed by atoms with Gasteiger partial charge in [-0.1, -0.05) is 0 Å². The molecule has 0 aromatic heterocycles. The van der Waals surface area contributed by atoms with Crippen molar-refractivity contribution in [3.8, 4) is 0 Å². The van der Waals surface area contributed by atoms with Gasteiger partial charge < -0.3 is 10.8 Å². The lowest BCUT2D eigenvalue weighted by Crippen LogP contribution is -2.09. The summed E-state index contributed by atoms with van der Waals surface area (Å²) in [5.74, 6) is 0. The van der Waals surface area contributed by atoms with Gasteiger partial charge in [0.1, 0.15) is 0 Å². The summed E-state index contributed by atoms with van der Waals surface area (Å²) >= 11 is 0. The SMILES string of the molecule is Nc1ccc(S(=O)(=O)OCCO)cc1. The summed E-state index contributed by atoms with van der Waals surface area (Å²) in [6.45, 7) is -0.582. The number of anilines is 1. The summed E-state index contributed by atoms with van der Waals surface area (Å²) < 4.78 is 27.1. The molecule has 0 aliphatic rings. The van der Waals surface area contributed by atoms with Crippen LogP contribution in [0.1, 0.15) is 0 Å². The molecular weight excluding hydrogens is 206 g/mol. The molecule has 1 aromatic rings. The summed E-state index contributed by atoms with van der Waals surface area (Å²) in [6, 6.07) is 5.63. The third-order valence-corrected chi connectivity index (χ3v) is 2.83. The molecule has 0 radical (unpaired) electrons. The van der Waals surface area contributed by atoms with E-state index < -0.39 is 10.1 Å². The third-order valence-electron chi connectivity index (χ3n) is 1.50. The predicted octanol–water partition coefficient (Wildman–Crippen LogP) is -0.0336. The average molecular weight is 217 g/mol. The number of nitrogen functional groups attached to an aromatic ring is 1. The van der Waals surface area contributed by atoms with Gasteiger partial charge in [0.05, 0.1) is 18.1 Å². The Balaban J connectivity index is 2.87. The standard InChI is InChI=1S/C8H11NO4S/c9-7-1-3-8(4-2-7)14(11,12)13-6-5-10/h1-4,10H,5-6,9H2. The first-order valence-corrected chi connectivity index (χ1v) is 5.33. The molecule has 0 saturated heterocycles. The summed E-state index contributed by atoms with van der Waals surface area (Å²) in [5, 5.41) is 8.41. The Morgan fingerprint density at radius 3 is 2.36 bits per heavy atom. The lowest BCUT2D eigenvalue weighted by Gasteiger charge is -2.03. The van der Waals surface area contributed by atoms with Gasteiger partial charge in [0.2, 0.25) is 0 Å². The molecule has 1 rings (SSSR count). The molecule has 6 heteroatoms. The Labute approximate surface area is 82.2 Å². The highest BCUT2D eigenvalue weighted by Gasteiger charge is 2.13. The van der Waals surface area contributed by atoms with Gasteiger partial charge in [-0.05, 0) is 24.3 Å². The highest BCUT2D eigenvalue weighted by atomic mass is 32.2. The second-order valence-electron chi connectivity index (χ2n) is 2.57. The molecule has 5 nitrogen and oxygen atoms in total. The first kappa shape index (κ1) is 11.0. The molecule has 78 valence electrons. The molecular formula is C8H11NO4S. The van der Waals surface area contributed by atoms with Gasteiger partial charge in [0.15, 0.2) is 0 Å². The molecule has 0 aliphatic carbocycles. The minimum Gasteiger partial charge on any atom is -0.399 e. The van der Waals surface area contributed by atoms with E-state index >= 15 is 0 Å². The van der Waals surface area contributed by atoms with E-state index in [1.54, 1.807) is 0 Å². The molecule has 14 heavy (non-hydrogen) atoms. The van der Waals surface area contributed by atoms with Gasteiger partial charge in [-0.15, -0.1) is 0 Å². The van der Waals surface area contributed by atoms with Crippen LogP contribution in [0, 0.1) is 0 Å². The molecule has 0 aliphatic heterocycles. The summed E-state index contributed by atoms with van der Waals surface area (Å²) in [6.07, 6.45) is 0. The maximum absolute atomic E-state index is 11.3. The van der Waals surface area contributed by atoms with Crippen LogP contribution in [0.4, 0.5) is 5.69 Å². The van der Waals surface area contributed by atoms with Crippen LogP contribution < -0.4 is 5.73 Å². The quantitative estimate of drug-likeness (QED) is 0.546. The minimum absolute atomic E-state index is 0.0279. The Bertz CT molecular complexity index is 384. The number of aliphatic hydroxyl groups is 1. The van der Waals surface area contributed by atoms with Gasteiger partial charge in [0, 0.05) is 5.69 Å². The molecule has 0 bridgehead atoms. The highest BCUT2D eigenvalue weighted by molar-refractivity contribution is 7.86. The average Bonchev–Trinajstić information content (AvgIpc) is 2.16. The molecule has 0 atom stereocenters. The fraction of sp³-hybridized carbons (Fsp3) is 0.250. The highest BCUT2D eigenvalue weighted by Crippen LogP contribution is 2.13. The van der Waals surface area contributed by atoms with E-state index in [1.807, 2.05) is 0 Å². The smallest absolute Gasteiger partial charge is 0.297 e. The number of hydrogen-bond donors (Lipinski definition) is 2. The number of rotatable bonds is 4. The summed E-state index contributed by atoms with van der Waals surface area (Å²) in [5.41, 5.74) is 5.87. The van der Waals surface area contributed by atoms with Crippen LogP contribution in [-0.4, -0.2) is 26.7 Å². The zero-order valence-electron chi connectivity index (χ0n) is 7.38. The fourth-order valence-electron chi connectivity index (χ4n) is 0.850. The number of benzene rings is 1. The van der Waals surface area contributed by atoms with E-state index in [0.29, 0.717) is 5.69 Å². The lowest BCUT2D eigenvalue weighted by molar-refractivity contribution is 0.205. The van der Waals surface area contributed by atoms with Crippen LogP contribution in [0.3, 0.4) is 0 Å². The van der Waals surface area contributed by atoms with Crippen LogP contribution >= 0.6 is 0 Å². The predicted molar refractivity (Wildman–Crippen MR) is 51.1 cm³/mol. The molecule has 0 fully saturated rings. The summed E-state index contributed by atoms with van der Waals surface area (Å²) in [4.78, 5) is 0.0279. The van der Waals surface area contributed by atoms with Crippen molar-refractivity contribution in [1.82, 2.24) is 0 Å². The zero-order valence-corrected chi connectivity index (χ0v) is 8.20. The van der Waals surface area contributed by atoms with E-state index in [4.69, 9.17) is 10.8 Å². The summed E-state index contributed by atoms with van der Waals surface area (Å²) in [7, 11) is -3.75. The Morgan fingerprint density at radius 2 is 1.86 bits per heavy atom. The van der Waals surface area contributed by atoms with E-state index in [-0.39, 0.29) is 18.1 Å². The second kappa shape index (κ2) is 4.41. The van der Waals surface area contributed by atoms with E-state index in [9.17, 15) is 8.42 Å². The second-order valence-corrected chi connectivity index (χ2v) is 4.18. The van der Waals surface area contributed by atoms with Crippen molar-refractivity contribution in [1.29, 1.82) is 0 Å². The van der Waals surface area contributed by atoms with Crippen LogP contribution in [0.2, 0.25) is 0 Å². The van der Waals surface area contributed by atoms with Crippen molar-refractivity contribution >= 4 is 15.8 Å². The lowest BCUT2D eigenvalue weighted by atomic mass is 10.3. The monoisotopic (exact) mass is 217 g/mol. The number of hydrogen-bond acceptors (Lipinski definition) is 5. The third kappa shape index (κ3) is 2.69. The molecule has 1 aromatic carbocycles. The maximum Gasteiger partial charge on any atom is 0.297 e. The van der Waals surface area contributed by atoms with Crippen LogP contribution in [0.15, 0.2) is 29.2 Å². The van der Waals surface area contributed by atoms with Crippen molar-refractivity contribution in [3.05, 3.63) is 24.3 Å². The van der Waals surface area contributed by atoms with E-state index in [0.717, 1.165) is 0 Å². The van der Waals surface area contributed by atoms with Crippen molar-refractivity contribution in [3.63, 3.8) is 0 Å². The molecule has 0 heterocycles. The minimum atomic E-state index is -3.75. The van der Waals surface area contributed by atoms with Crippen molar-refractivity contribution in [2.45, 2.75) is 4.90 Å². The number of aliphatic hydroxyl groups excluding tert-OH is 1. The van der Waals surface area contributed by atoms with Gasteiger partial charge in [-0.3, -0.25) is 4.18 Å². The van der Waals surface area contributed by atoms with Gasteiger partial charge in [-0.25, -0.2) is 0 Å². The first-order chi connectivity index (χ1) is 6.56. The topological polar surface area (TPSA) is 89.6 Å². The molecule has 0 spiro atoms. The largest absolute Gasteiger partial charge is 0.399 e. The van der Waals surface area contributed by atoms with Crippen LogP contribution in [0.25, 0.3) is 0 Å². The van der Waals surface area contributed by atoms with Crippen molar-refractivity contribution in [2.24, 2.45) is 0 Å². The molecule has 0 saturated carbocycles. The van der Waals surface area contributed by atoms with Crippen molar-refractivity contribution < 1.29 is 17.7 Å². The van der Waals surface area contributed by atoms with Crippen LogP contribution in [0.5, 0.6) is 0 Å². The normalized spacial score (nSPS) is 11.5. The van der Waals surface area contributed by atoms with Crippen molar-refractivity contribution in [2.75, 3.05) is 18.9 Å². The van der Waals surface area contributed by atoms with Gasteiger partial charge in [0.25, 0.3) is 10.1 Å². The molecule has 0 unspecified atom stereocenters. The Morgan fingerprint density at radius 1 is 1.29 bits per heavy atom. The van der Waals surface area contributed by atoms with Gasteiger partial charge in [-0.2, -0.15) is 8.42 Å². The fourth-order valence-corrected chi connectivity index (χ4v) is 1.75. The molecule has 0 amide bonds. The van der Waals surface area contributed by atoms with Gasteiger partial charge >= 0.3 is 0 Å². The first-order valence-electron chi connectivity index (χ1n) is 3.92. The van der Waals surface area contributed by atoms with E-state index in [2.05, 4.69) is 4.18 Å². The van der Waals surface area contributed by atoms with E-state index in [1.165, 1.54) is 24.3 Å². The maximum atomic E-state index is 11.3. The zero-order chi connectivity index (χ0) is 10.6. The Hall–Kier alpha value is -1.11.